The Morgan fingerprint density at radius 3 is 2.48 bits per heavy atom. The monoisotopic (exact) mass is 446 g/mol. The summed E-state index contributed by atoms with van der Waals surface area (Å²) in [6.45, 7) is 0.611. The van der Waals surface area contributed by atoms with Crippen LogP contribution in [0.15, 0.2) is 24.3 Å². The van der Waals surface area contributed by atoms with Gasteiger partial charge in [-0.2, -0.15) is 11.8 Å². The molecule has 1 aromatic rings. The molecule has 0 aliphatic carbocycles. The summed E-state index contributed by atoms with van der Waals surface area (Å²) >= 11 is 1.87. The number of amides is 4. The maximum atomic E-state index is 12.1. The van der Waals surface area contributed by atoms with Crippen molar-refractivity contribution in [2.24, 2.45) is 0 Å². The zero-order valence-corrected chi connectivity index (χ0v) is 17.8. The van der Waals surface area contributed by atoms with Crippen molar-refractivity contribution < 1.29 is 24.0 Å². The van der Waals surface area contributed by atoms with Gasteiger partial charge in [-0.05, 0) is 25.0 Å². The van der Waals surface area contributed by atoms with E-state index in [1.165, 1.54) is 24.3 Å². The second-order valence-electron chi connectivity index (χ2n) is 7.53. The fourth-order valence-corrected chi connectivity index (χ4v) is 5.24. The lowest BCUT2D eigenvalue weighted by molar-refractivity contribution is -0.121. The van der Waals surface area contributed by atoms with Crippen LogP contribution in [-0.2, 0) is 9.59 Å². The Bertz CT molecular complexity index is 845. The Morgan fingerprint density at radius 2 is 1.74 bits per heavy atom. The van der Waals surface area contributed by atoms with E-state index in [4.69, 9.17) is 0 Å². The minimum absolute atomic E-state index is 0.0567. The van der Waals surface area contributed by atoms with Crippen LogP contribution in [-0.4, -0.2) is 66.1 Å². The molecule has 3 rings (SSSR count). The largest absolute Gasteiger partial charge is 0.354 e. The first-order chi connectivity index (χ1) is 15.0. The van der Waals surface area contributed by atoms with E-state index in [9.17, 15) is 24.0 Å². The molecule has 2 aliphatic rings. The van der Waals surface area contributed by atoms with E-state index >= 15 is 0 Å². The Morgan fingerprint density at radius 1 is 1.03 bits per heavy atom. The Hall–Kier alpha value is -2.88. The molecule has 10 heteroatoms. The molecular weight excluding hydrogens is 420 g/mol. The summed E-state index contributed by atoms with van der Waals surface area (Å²) < 4.78 is 0. The summed E-state index contributed by atoms with van der Waals surface area (Å²) in [5.74, 6) is -0.0801. The summed E-state index contributed by atoms with van der Waals surface area (Å²) in [6, 6.07) is 6.13. The van der Waals surface area contributed by atoms with Crippen molar-refractivity contribution in [3.05, 3.63) is 35.4 Å². The number of rotatable bonds is 11. The van der Waals surface area contributed by atoms with Crippen molar-refractivity contribution in [1.82, 2.24) is 21.3 Å². The molecule has 0 spiro atoms. The number of hydrogen-bond acceptors (Lipinski definition) is 6. The molecule has 2 saturated heterocycles. The third kappa shape index (κ3) is 6.30. The summed E-state index contributed by atoms with van der Waals surface area (Å²) in [5.41, 5.74) is 0.601. The highest BCUT2D eigenvalue weighted by Gasteiger charge is 2.42. The maximum absolute atomic E-state index is 12.1. The molecule has 2 fully saturated rings. The summed E-state index contributed by atoms with van der Waals surface area (Å²) in [7, 11) is 0. The smallest absolute Gasteiger partial charge is 0.315 e. The van der Waals surface area contributed by atoms with Crippen LogP contribution in [0.2, 0.25) is 0 Å². The van der Waals surface area contributed by atoms with Crippen LogP contribution in [0.3, 0.4) is 0 Å². The molecule has 2 aliphatic heterocycles. The zero-order chi connectivity index (χ0) is 22.2. The number of nitrogens with one attached hydrogen (secondary N) is 4. The Balaban J connectivity index is 1.25. The van der Waals surface area contributed by atoms with Gasteiger partial charge in [-0.3, -0.25) is 19.2 Å². The highest BCUT2D eigenvalue weighted by Crippen LogP contribution is 2.33. The van der Waals surface area contributed by atoms with Gasteiger partial charge in [0.05, 0.1) is 12.1 Å². The van der Waals surface area contributed by atoms with Gasteiger partial charge in [-0.15, -0.1) is 0 Å². The Kier molecular flexibility index (Phi) is 8.05. The van der Waals surface area contributed by atoms with E-state index in [2.05, 4.69) is 21.3 Å². The van der Waals surface area contributed by atoms with Crippen LogP contribution in [0.1, 0.15) is 46.4 Å². The number of hydrogen-bond donors (Lipinski definition) is 4. The number of benzene rings is 1. The van der Waals surface area contributed by atoms with Crippen LogP contribution >= 0.6 is 11.8 Å². The number of ketones is 1. The van der Waals surface area contributed by atoms with Gasteiger partial charge in [0.2, 0.25) is 11.7 Å². The molecule has 9 nitrogen and oxygen atoms in total. The van der Waals surface area contributed by atoms with Crippen LogP contribution in [0, 0.1) is 0 Å². The fourth-order valence-electron chi connectivity index (χ4n) is 3.70. The molecule has 3 unspecified atom stereocenters. The van der Waals surface area contributed by atoms with Crippen LogP contribution < -0.4 is 21.3 Å². The average Bonchev–Trinajstić information content (AvgIpc) is 3.33. The van der Waals surface area contributed by atoms with Gasteiger partial charge in [0.15, 0.2) is 6.29 Å². The van der Waals surface area contributed by atoms with Crippen molar-refractivity contribution in [3.8, 4) is 0 Å². The van der Waals surface area contributed by atoms with Gasteiger partial charge in [-0.1, -0.05) is 18.6 Å². The molecular formula is C21H26N4O5S. The molecule has 4 N–H and O–H groups in total. The first-order valence-corrected chi connectivity index (χ1v) is 11.4. The van der Waals surface area contributed by atoms with E-state index in [0.717, 1.165) is 25.0 Å². The SMILES string of the molecule is O=CC(=O)c1ccc(C(=O)NCCNC(=O)CCCCC2SCC3NC(=O)NC32)cc1. The minimum atomic E-state index is -0.636. The zero-order valence-electron chi connectivity index (χ0n) is 17.0. The van der Waals surface area contributed by atoms with Crippen LogP contribution in [0.5, 0.6) is 0 Å². The molecule has 166 valence electrons. The number of thioether (sulfide) groups is 1. The molecule has 3 atom stereocenters. The van der Waals surface area contributed by atoms with Gasteiger partial charge >= 0.3 is 6.03 Å². The minimum Gasteiger partial charge on any atom is -0.354 e. The lowest BCUT2D eigenvalue weighted by atomic mass is 10.0. The normalized spacial score (nSPS) is 21.5. The van der Waals surface area contributed by atoms with Gasteiger partial charge in [0, 0.05) is 41.6 Å². The number of fused-ring (bicyclic) bond motifs is 1. The van der Waals surface area contributed by atoms with Gasteiger partial charge in [0.1, 0.15) is 0 Å². The molecule has 0 radical (unpaired) electrons. The second-order valence-corrected chi connectivity index (χ2v) is 8.81. The predicted octanol–water partition coefficient (Wildman–Crippen LogP) is 0.640. The van der Waals surface area contributed by atoms with E-state index in [0.29, 0.717) is 23.8 Å². The van der Waals surface area contributed by atoms with Crippen molar-refractivity contribution in [1.29, 1.82) is 0 Å². The first-order valence-electron chi connectivity index (χ1n) is 10.3. The molecule has 31 heavy (non-hydrogen) atoms. The van der Waals surface area contributed by atoms with Gasteiger partial charge in [-0.25, -0.2) is 4.79 Å². The third-order valence-electron chi connectivity index (χ3n) is 5.35. The van der Waals surface area contributed by atoms with Crippen molar-refractivity contribution >= 4 is 41.7 Å². The maximum Gasteiger partial charge on any atom is 0.315 e. The second kappa shape index (κ2) is 10.9. The number of Topliss-reactive ketones (excluding diaryl/α,β-unsaturated/α-hetero) is 1. The molecule has 4 amide bonds. The quantitative estimate of drug-likeness (QED) is 0.130. The van der Waals surface area contributed by atoms with Gasteiger partial charge < -0.3 is 21.3 Å². The van der Waals surface area contributed by atoms with E-state index in [1.54, 1.807) is 0 Å². The van der Waals surface area contributed by atoms with E-state index in [1.807, 2.05) is 11.8 Å². The predicted molar refractivity (Wildman–Crippen MR) is 116 cm³/mol. The average molecular weight is 447 g/mol. The number of carbonyl (C=O) groups excluding carboxylic acids is 5. The summed E-state index contributed by atoms with van der Waals surface area (Å²) in [4.78, 5) is 57.1. The van der Waals surface area contributed by atoms with Crippen molar-refractivity contribution in [2.75, 3.05) is 18.8 Å². The molecule has 0 saturated carbocycles. The molecule has 0 aromatic heterocycles. The number of urea groups is 1. The van der Waals surface area contributed by atoms with Crippen LogP contribution in [0.4, 0.5) is 4.79 Å². The molecule has 0 bridgehead atoms. The first kappa shape index (κ1) is 22.8. The van der Waals surface area contributed by atoms with Crippen LogP contribution in [0.25, 0.3) is 0 Å². The van der Waals surface area contributed by atoms with E-state index < -0.39 is 5.78 Å². The van der Waals surface area contributed by atoms with Crippen molar-refractivity contribution in [2.45, 2.75) is 43.0 Å². The number of unbranched alkanes of at least 4 members (excludes halogenated alkanes) is 1. The van der Waals surface area contributed by atoms with Gasteiger partial charge in [0.25, 0.3) is 5.91 Å². The number of aldehydes is 1. The highest BCUT2D eigenvalue weighted by molar-refractivity contribution is 8.00. The standard InChI is InChI=1S/C21H26N4O5S/c26-11-16(27)13-5-7-14(8-6-13)20(29)23-10-9-22-18(28)4-2-1-3-17-19-15(12-31-17)24-21(30)25-19/h5-8,11,15,17,19H,1-4,9-10,12H2,(H,22,28)(H,23,29)(H2,24,25,30). The number of carbonyl (C=O) groups is 5. The summed E-state index contributed by atoms with van der Waals surface area (Å²) in [6.07, 6.45) is 3.32. The lowest BCUT2D eigenvalue weighted by Gasteiger charge is -2.16. The molecule has 1 aromatic carbocycles. The topological polar surface area (TPSA) is 133 Å². The highest BCUT2D eigenvalue weighted by atomic mass is 32.2. The van der Waals surface area contributed by atoms with E-state index in [-0.39, 0.29) is 48.3 Å². The van der Waals surface area contributed by atoms with Crippen molar-refractivity contribution in [3.63, 3.8) is 0 Å². The third-order valence-corrected chi connectivity index (χ3v) is 6.86. The Labute approximate surface area is 184 Å². The fraction of sp³-hybridized carbons (Fsp3) is 0.476. The lowest BCUT2D eigenvalue weighted by Crippen LogP contribution is -2.36. The summed E-state index contributed by atoms with van der Waals surface area (Å²) in [5, 5.41) is 11.8. The molecule has 2 heterocycles.